The Balaban J connectivity index is 1.55. The first-order chi connectivity index (χ1) is 18.0. The lowest BCUT2D eigenvalue weighted by atomic mass is 9.98. The molecule has 1 aliphatic heterocycles. The van der Waals surface area contributed by atoms with Gasteiger partial charge in [-0.2, -0.15) is 0 Å². The molecule has 12 heteroatoms. The first kappa shape index (κ1) is 26.7. The molecular weight excluding hydrogens is 504 g/mol. The molecule has 1 aliphatic rings. The van der Waals surface area contributed by atoms with Gasteiger partial charge in [-0.3, -0.25) is 4.79 Å². The van der Waals surface area contributed by atoms with Gasteiger partial charge in [-0.05, 0) is 48.5 Å². The molecule has 12 nitrogen and oxygen atoms in total. The van der Waals surface area contributed by atoms with Gasteiger partial charge in [0.05, 0.1) is 5.56 Å². The number of aromatic hydroxyl groups is 4. The van der Waals surface area contributed by atoms with Gasteiger partial charge in [0.2, 0.25) is 12.1 Å². The Morgan fingerprint density at radius 3 is 1.92 bits per heavy atom. The molecule has 0 spiro atoms. The molecule has 7 N–H and O–H groups in total. The maximum Gasteiger partial charge on any atom is 0.338 e. The summed E-state index contributed by atoms with van der Waals surface area (Å²) in [6, 6.07) is 12.1. The van der Waals surface area contributed by atoms with E-state index < -0.39 is 71.9 Å². The Bertz CT molecular complexity index is 1310. The highest BCUT2D eigenvalue weighted by atomic mass is 16.7. The highest BCUT2D eigenvalue weighted by Crippen LogP contribution is 2.37. The summed E-state index contributed by atoms with van der Waals surface area (Å²) in [6.07, 6.45) is -8.50. The van der Waals surface area contributed by atoms with Crippen molar-refractivity contribution in [2.24, 2.45) is 0 Å². The maximum absolute atomic E-state index is 13.1. The smallest absolute Gasteiger partial charge is 0.338 e. The maximum atomic E-state index is 13.1. The van der Waals surface area contributed by atoms with Crippen LogP contribution < -0.4 is 4.74 Å². The number of phenols is 4. The molecule has 1 heterocycles. The summed E-state index contributed by atoms with van der Waals surface area (Å²) in [5.41, 5.74) is -0.275. The molecule has 0 aliphatic carbocycles. The predicted molar refractivity (Wildman–Crippen MR) is 127 cm³/mol. The van der Waals surface area contributed by atoms with Crippen molar-refractivity contribution in [2.45, 2.75) is 30.7 Å². The fourth-order valence-corrected chi connectivity index (χ4v) is 3.78. The van der Waals surface area contributed by atoms with E-state index in [-0.39, 0.29) is 22.6 Å². The topological polar surface area (TPSA) is 203 Å². The van der Waals surface area contributed by atoms with Gasteiger partial charge in [0.15, 0.2) is 0 Å². The van der Waals surface area contributed by atoms with Crippen LogP contribution in [-0.4, -0.2) is 84.8 Å². The number of carbonyl (C=O) groups is 2. The lowest BCUT2D eigenvalue weighted by Crippen LogP contribution is -2.60. The van der Waals surface area contributed by atoms with Crippen LogP contribution in [0.4, 0.5) is 0 Å². The largest absolute Gasteiger partial charge is 0.508 e. The molecule has 0 amide bonds. The summed E-state index contributed by atoms with van der Waals surface area (Å²) < 4.78 is 16.2. The lowest BCUT2D eigenvalue weighted by molar-refractivity contribution is -0.277. The fraction of sp³-hybridized carbons (Fsp3) is 0.231. The minimum Gasteiger partial charge on any atom is -0.508 e. The zero-order valence-electron chi connectivity index (χ0n) is 19.5. The van der Waals surface area contributed by atoms with Crippen LogP contribution in [0.1, 0.15) is 26.3 Å². The molecule has 3 aromatic rings. The number of ether oxygens (including phenoxy) is 3. The van der Waals surface area contributed by atoms with Gasteiger partial charge in [0, 0.05) is 17.7 Å². The van der Waals surface area contributed by atoms with Gasteiger partial charge in [-0.1, -0.05) is 0 Å². The van der Waals surface area contributed by atoms with Crippen LogP contribution in [0.15, 0.2) is 60.7 Å². The minimum absolute atomic E-state index is 0.0493. The van der Waals surface area contributed by atoms with Crippen molar-refractivity contribution in [3.63, 3.8) is 0 Å². The van der Waals surface area contributed by atoms with E-state index in [0.717, 1.165) is 12.1 Å². The first-order valence-electron chi connectivity index (χ1n) is 11.3. The summed E-state index contributed by atoms with van der Waals surface area (Å²) >= 11 is 0. The Labute approximate surface area is 215 Å². The summed E-state index contributed by atoms with van der Waals surface area (Å²) in [6.45, 7) is -0.574. The number of esters is 1. The molecule has 5 atom stereocenters. The Hall–Kier alpha value is -4.36. The molecular formula is C26H24O12. The summed E-state index contributed by atoms with van der Waals surface area (Å²) in [5, 5.41) is 70.3. The molecule has 0 aromatic heterocycles. The fourth-order valence-electron chi connectivity index (χ4n) is 3.78. The summed E-state index contributed by atoms with van der Waals surface area (Å²) in [5.74, 6) is -3.33. The second-order valence-corrected chi connectivity index (χ2v) is 8.49. The van der Waals surface area contributed by atoms with Crippen LogP contribution in [0.5, 0.6) is 28.7 Å². The molecule has 0 radical (unpaired) electrons. The quantitative estimate of drug-likeness (QED) is 0.168. The first-order valence-corrected chi connectivity index (χ1v) is 11.3. The molecule has 3 aromatic carbocycles. The standard InChI is InChI=1S/C26H24O12/c27-14-5-1-12(2-6-14)21(31)20-17(30)9-16(29)10-18(20)37-26-24(34)23(33)22(32)19(38-26)11-36-25(35)13-3-7-15(28)8-4-13/h1-10,19,22-24,26-30,32-34H,11H2. The molecule has 5 unspecified atom stereocenters. The molecule has 4 rings (SSSR count). The molecule has 200 valence electrons. The van der Waals surface area contributed by atoms with Gasteiger partial charge in [0.25, 0.3) is 0 Å². The van der Waals surface area contributed by atoms with Gasteiger partial charge in [0.1, 0.15) is 65.3 Å². The zero-order valence-corrected chi connectivity index (χ0v) is 19.5. The number of phenolic OH excluding ortho intramolecular Hbond substituents is 4. The van der Waals surface area contributed by atoms with Crippen molar-refractivity contribution in [1.29, 1.82) is 0 Å². The second-order valence-electron chi connectivity index (χ2n) is 8.49. The third-order valence-electron chi connectivity index (χ3n) is 5.82. The number of carbonyl (C=O) groups excluding carboxylic acids is 2. The van der Waals surface area contributed by atoms with Gasteiger partial charge >= 0.3 is 5.97 Å². The lowest BCUT2D eigenvalue weighted by Gasteiger charge is -2.40. The molecule has 0 bridgehead atoms. The van der Waals surface area contributed by atoms with E-state index in [1.807, 2.05) is 0 Å². The van der Waals surface area contributed by atoms with E-state index in [0.29, 0.717) is 0 Å². The minimum atomic E-state index is -1.85. The van der Waals surface area contributed by atoms with Crippen molar-refractivity contribution < 1.29 is 59.5 Å². The Morgan fingerprint density at radius 2 is 1.32 bits per heavy atom. The number of aliphatic hydroxyl groups excluding tert-OH is 3. The summed E-state index contributed by atoms with van der Waals surface area (Å²) in [7, 11) is 0. The number of rotatable bonds is 7. The molecule has 0 saturated carbocycles. The third kappa shape index (κ3) is 5.63. The zero-order chi connectivity index (χ0) is 27.6. The monoisotopic (exact) mass is 528 g/mol. The van der Waals surface area contributed by atoms with Crippen LogP contribution in [0.25, 0.3) is 0 Å². The third-order valence-corrected chi connectivity index (χ3v) is 5.82. The number of hydrogen-bond acceptors (Lipinski definition) is 12. The highest BCUT2D eigenvalue weighted by molar-refractivity contribution is 6.12. The number of aliphatic hydroxyl groups is 3. The van der Waals surface area contributed by atoms with E-state index in [2.05, 4.69) is 0 Å². The number of benzene rings is 3. The predicted octanol–water partition coefficient (Wildman–Crippen LogP) is 0.783. The van der Waals surface area contributed by atoms with Crippen molar-refractivity contribution in [3.8, 4) is 28.7 Å². The Kier molecular flexibility index (Phi) is 7.69. The molecule has 38 heavy (non-hydrogen) atoms. The van der Waals surface area contributed by atoms with Crippen molar-refractivity contribution in [1.82, 2.24) is 0 Å². The second kappa shape index (κ2) is 10.9. The highest BCUT2D eigenvalue weighted by Gasteiger charge is 2.46. The van der Waals surface area contributed by atoms with E-state index >= 15 is 0 Å². The van der Waals surface area contributed by atoms with Crippen LogP contribution in [0, 0.1) is 0 Å². The molecule has 1 fully saturated rings. The average Bonchev–Trinajstić information content (AvgIpc) is 2.88. The van der Waals surface area contributed by atoms with E-state index in [1.54, 1.807) is 0 Å². The molecule has 1 saturated heterocycles. The van der Waals surface area contributed by atoms with Crippen molar-refractivity contribution in [2.75, 3.05) is 6.61 Å². The SMILES string of the molecule is O=C(OCC1OC(Oc2cc(O)cc(O)c2C(=O)c2ccc(O)cc2)C(O)C(O)C1O)c1ccc(O)cc1. The normalized spacial score (nSPS) is 23.0. The summed E-state index contributed by atoms with van der Waals surface area (Å²) in [4.78, 5) is 25.4. The van der Waals surface area contributed by atoms with Gasteiger partial charge < -0.3 is 50.0 Å². The van der Waals surface area contributed by atoms with Crippen LogP contribution >= 0.6 is 0 Å². The average molecular weight is 528 g/mol. The number of hydrogen-bond donors (Lipinski definition) is 7. The van der Waals surface area contributed by atoms with Crippen LogP contribution in [0.3, 0.4) is 0 Å². The van der Waals surface area contributed by atoms with Crippen molar-refractivity contribution >= 4 is 11.8 Å². The van der Waals surface area contributed by atoms with Gasteiger partial charge in [-0.15, -0.1) is 0 Å². The Morgan fingerprint density at radius 1 is 0.737 bits per heavy atom. The van der Waals surface area contributed by atoms with E-state index in [4.69, 9.17) is 14.2 Å². The van der Waals surface area contributed by atoms with Crippen molar-refractivity contribution in [3.05, 3.63) is 77.4 Å². The van der Waals surface area contributed by atoms with Crippen LogP contribution in [0.2, 0.25) is 0 Å². The van der Waals surface area contributed by atoms with Crippen LogP contribution in [-0.2, 0) is 9.47 Å². The van der Waals surface area contributed by atoms with E-state index in [1.165, 1.54) is 48.5 Å². The van der Waals surface area contributed by atoms with E-state index in [9.17, 15) is 45.3 Å². The van der Waals surface area contributed by atoms with Gasteiger partial charge in [-0.25, -0.2) is 4.79 Å². The number of ketones is 1.